The van der Waals surface area contributed by atoms with Crippen LogP contribution in [0.1, 0.15) is 36.0 Å². The fourth-order valence-electron chi connectivity index (χ4n) is 3.94. The van der Waals surface area contributed by atoms with Crippen LogP contribution in [0.25, 0.3) is 0 Å². The van der Waals surface area contributed by atoms with Crippen molar-refractivity contribution in [3.8, 4) is 0 Å². The second kappa shape index (κ2) is 6.26. The lowest BCUT2D eigenvalue weighted by Crippen LogP contribution is -2.44. The molecule has 27 heavy (non-hydrogen) atoms. The van der Waals surface area contributed by atoms with Crippen LogP contribution in [0, 0.1) is 6.92 Å². The van der Waals surface area contributed by atoms with Crippen LogP contribution in [0.3, 0.4) is 0 Å². The van der Waals surface area contributed by atoms with Crippen molar-refractivity contribution in [1.29, 1.82) is 0 Å². The number of nitrogens with zero attached hydrogens (tertiary/aromatic N) is 2. The molecule has 0 fully saturated rings. The van der Waals surface area contributed by atoms with E-state index in [9.17, 15) is 14.4 Å². The van der Waals surface area contributed by atoms with Crippen molar-refractivity contribution in [3.63, 3.8) is 0 Å². The number of carbonyl (C=O) groups is 1. The molecule has 0 spiro atoms. The lowest BCUT2D eigenvalue weighted by molar-refractivity contribution is -0.136. The number of rotatable bonds is 3. The summed E-state index contributed by atoms with van der Waals surface area (Å²) >= 11 is 0. The summed E-state index contributed by atoms with van der Waals surface area (Å²) < 4.78 is 7.95. The van der Waals surface area contributed by atoms with E-state index in [1.807, 2.05) is 38.1 Å². The Hall–Kier alpha value is -3.09. The molecule has 4 rings (SSSR count). The molecule has 2 aliphatic heterocycles. The predicted octanol–water partition coefficient (Wildman–Crippen LogP) is 1.63. The number of aryl methyl sites for hydroxylation is 1. The van der Waals surface area contributed by atoms with E-state index in [4.69, 9.17) is 4.74 Å². The molecule has 0 saturated carbocycles. The lowest BCUT2D eigenvalue weighted by Gasteiger charge is -2.29. The Balaban J connectivity index is 2.10. The van der Waals surface area contributed by atoms with Gasteiger partial charge >= 0.3 is 11.7 Å². The topological polar surface area (TPSA) is 82.3 Å². The van der Waals surface area contributed by atoms with E-state index in [1.54, 1.807) is 4.57 Å². The zero-order chi connectivity index (χ0) is 19.3. The Morgan fingerprint density at radius 1 is 1.22 bits per heavy atom. The Morgan fingerprint density at radius 3 is 2.67 bits per heavy atom. The summed E-state index contributed by atoms with van der Waals surface area (Å²) in [6.45, 7) is 4.51. The first-order chi connectivity index (χ1) is 13.0. The van der Waals surface area contributed by atoms with E-state index in [1.165, 1.54) is 7.05 Å². The van der Waals surface area contributed by atoms with Gasteiger partial charge in [-0.1, -0.05) is 31.2 Å². The normalized spacial score (nSPS) is 18.0. The van der Waals surface area contributed by atoms with E-state index < -0.39 is 17.4 Å². The Labute approximate surface area is 155 Å². The van der Waals surface area contributed by atoms with Gasteiger partial charge in [-0.25, -0.2) is 9.59 Å². The number of anilines is 1. The molecular weight excluding hydrogens is 346 g/mol. The van der Waals surface area contributed by atoms with E-state index >= 15 is 0 Å². The summed E-state index contributed by atoms with van der Waals surface area (Å²) in [5, 5.41) is 3.15. The summed E-state index contributed by atoms with van der Waals surface area (Å²) in [4.78, 5) is 38.3. The fourth-order valence-corrected chi connectivity index (χ4v) is 3.94. The quantitative estimate of drug-likeness (QED) is 0.834. The highest BCUT2D eigenvalue weighted by Crippen LogP contribution is 2.43. The number of carbonyl (C=O) groups excluding carboxylic acids is 1. The molecule has 7 heteroatoms. The number of benzene rings is 1. The minimum atomic E-state index is -0.560. The smallest absolute Gasteiger partial charge is 0.337 e. The third-order valence-electron chi connectivity index (χ3n) is 5.26. The number of hydrogen-bond donors (Lipinski definition) is 1. The van der Waals surface area contributed by atoms with Gasteiger partial charge < -0.3 is 10.1 Å². The minimum absolute atomic E-state index is 0.117. The number of nitrogens with one attached hydrogen (secondary N) is 1. The molecule has 0 radical (unpaired) electrons. The van der Waals surface area contributed by atoms with Crippen LogP contribution < -0.4 is 16.6 Å². The number of hydrogen-bond acceptors (Lipinski definition) is 5. The molecule has 1 N–H and O–H groups in total. The zero-order valence-electron chi connectivity index (χ0n) is 15.5. The van der Waals surface area contributed by atoms with Crippen LogP contribution in [-0.2, 0) is 23.1 Å². The Morgan fingerprint density at radius 2 is 1.96 bits per heavy atom. The SMILES string of the molecule is CCCn1c2c(c(=O)n(C)c1=O)[C@H](c1ccccc1C)C1=C(COC1=O)N2. The lowest BCUT2D eigenvalue weighted by atomic mass is 9.81. The first-order valence-corrected chi connectivity index (χ1v) is 9.02. The highest BCUT2D eigenvalue weighted by Gasteiger charge is 2.42. The molecule has 0 saturated heterocycles. The fraction of sp³-hybridized carbons (Fsp3) is 0.350. The van der Waals surface area contributed by atoms with Crippen LogP contribution in [0.2, 0.25) is 0 Å². The standard InChI is InChI=1S/C20H21N3O4/c1-4-9-23-17-16(18(24)22(3)20(23)26)14(12-8-6-5-7-11(12)2)15-13(21-17)10-27-19(15)25/h5-8,14,21H,4,9-10H2,1-3H3/t14-/m1/s1. The summed E-state index contributed by atoms with van der Waals surface area (Å²) in [5.74, 6) is -0.517. The molecule has 1 aromatic carbocycles. The van der Waals surface area contributed by atoms with Gasteiger partial charge in [-0.2, -0.15) is 0 Å². The number of ether oxygens (including phenoxy) is 1. The second-order valence-electron chi connectivity index (χ2n) is 6.94. The second-order valence-corrected chi connectivity index (χ2v) is 6.94. The molecule has 0 aliphatic carbocycles. The van der Waals surface area contributed by atoms with Crippen LogP contribution in [0.5, 0.6) is 0 Å². The monoisotopic (exact) mass is 367 g/mol. The third-order valence-corrected chi connectivity index (χ3v) is 5.26. The van der Waals surface area contributed by atoms with E-state index in [2.05, 4.69) is 5.32 Å². The van der Waals surface area contributed by atoms with Crippen molar-refractivity contribution in [2.75, 3.05) is 11.9 Å². The van der Waals surface area contributed by atoms with E-state index in [0.717, 1.165) is 22.1 Å². The highest BCUT2D eigenvalue weighted by atomic mass is 16.5. The predicted molar refractivity (Wildman–Crippen MR) is 101 cm³/mol. The summed E-state index contributed by atoms with van der Waals surface area (Å²) in [6.07, 6.45) is 0.739. The number of esters is 1. The van der Waals surface area contributed by atoms with Gasteiger partial charge in [0.2, 0.25) is 0 Å². The maximum absolute atomic E-state index is 13.1. The van der Waals surface area contributed by atoms with Gasteiger partial charge in [0.15, 0.2) is 0 Å². The van der Waals surface area contributed by atoms with Crippen molar-refractivity contribution >= 4 is 11.8 Å². The van der Waals surface area contributed by atoms with Gasteiger partial charge in [-0.3, -0.25) is 13.9 Å². The average molecular weight is 367 g/mol. The van der Waals surface area contributed by atoms with Gasteiger partial charge in [-0.05, 0) is 24.5 Å². The minimum Gasteiger partial charge on any atom is -0.456 e. The highest BCUT2D eigenvalue weighted by molar-refractivity contribution is 5.97. The molecule has 0 unspecified atom stereocenters. The average Bonchev–Trinajstić information content (AvgIpc) is 3.03. The Kier molecular flexibility index (Phi) is 4.02. The summed E-state index contributed by atoms with van der Waals surface area (Å²) in [6, 6.07) is 7.67. The molecular formula is C20H21N3O4. The van der Waals surface area contributed by atoms with Gasteiger partial charge in [0.25, 0.3) is 5.56 Å². The van der Waals surface area contributed by atoms with Crippen molar-refractivity contribution in [3.05, 3.63) is 73.1 Å². The van der Waals surface area contributed by atoms with Crippen LogP contribution >= 0.6 is 0 Å². The molecule has 0 amide bonds. The number of cyclic esters (lactones) is 1. The molecule has 2 aromatic rings. The Bertz CT molecular complexity index is 1110. The summed E-state index contributed by atoms with van der Waals surface area (Å²) in [7, 11) is 1.48. The molecule has 0 bridgehead atoms. The van der Waals surface area contributed by atoms with E-state index in [0.29, 0.717) is 29.2 Å². The van der Waals surface area contributed by atoms with Crippen LogP contribution in [-0.4, -0.2) is 21.7 Å². The maximum Gasteiger partial charge on any atom is 0.337 e. The summed E-state index contributed by atoms with van der Waals surface area (Å²) in [5.41, 5.74) is 2.56. The molecule has 3 heterocycles. The number of fused-ring (bicyclic) bond motifs is 1. The van der Waals surface area contributed by atoms with Crippen molar-refractivity contribution in [2.24, 2.45) is 7.05 Å². The van der Waals surface area contributed by atoms with E-state index in [-0.39, 0.29) is 12.3 Å². The van der Waals surface area contributed by atoms with Gasteiger partial charge in [-0.15, -0.1) is 0 Å². The molecule has 1 atom stereocenters. The number of aromatic nitrogens is 2. The molecule has 7 nitrogen and oxygen atoms in total. The van der Waals surface area contributed by atoms with Crippen LogP contribution in [0.15, 0.2) is 45.1 Å². The van der Waals surface area contributed by atoms with Gasteiger partial charge in [0, 0.05) is 13.6 Å². The van der Waals surface area contributed by atoms with Crippen LogP contribution in [0.4, 0.5) is 5.82 Å². The first-order valence-electron chi connectivity index (χ1n) is 9.02. The molecule has 1 aromatic heterocycles. The van der Waals surface area contributed by atoms with Crippen molar-refractivity contribution < 1.29 is 9.53 Å². The zero-order valence-corrected chi connectivity index (χ0v) is 15.5. The third kappa shape index (κ3) is 2.45. The first kappa shape index (κ1) is 17.3. The van der Waals surface area contributed by atoms with Crippen molar-refractivity contribution in [1.82, 2.24) is 9.13 Å². The molecule has 140 valence electrons. The molecule has 2 aliphatic rings. The maximum atomic E-state index is 13.1. The largest absolute Gasteiger partial charge is 0.456 e. The van der Waals surface area contributed by atoms with Crippen molar-refractivity contribution in [2.45, 2.75) is 32.7 Å². The van der Waals surface area contributed by atoms with Gasteiger partial charge in [0.1, 0.15) is 12.4 Å². The van der Waals surface area contributed by atoms with Gasteiger partial charge in [0.05, 0.1) is 22.8 Å².